The first-order valence-corrected chi connectivity index (χ1v) is 6.99. The quantitative estimate of drug-likeness (QED) is 0.608. The summed E-state index contributed by atoms with van der Waals surface area (Å²) in [5, 5.41) is 3.50. The van der Waals surface area contributed by atoms with Crippen LogP contribution < -0.4 is 5.32 Å². The van der Waals surface area contributed by atoms with Crippen LogP contribution in [0.15, 0.2) is 0 Å². The van der Waals surface area contributed by atoms with Crippen LogP contribution in [0.25, 0.3) is 0 Å². The van der Waals surface area contributed by atoms with Crippen LogP contribution in [0.3, 0.4) is 0 Å². The van der Waals surface area contributed by atoms with Crippen LogP contribution in [-0.4, -0.2) is 13.1 Å². The lowest BCUT2D eigenvalue weighted by molar-refractivity contribution is 0.361. The van der Waals surface area contributed by atoms with Gasteiger partial charge in [-0.25, -0.2) is 0 Å². The second-order valence-electron chi connectivity index (χ2n) is 5.23. The minimum Gasteiger partial charge on any atom is -0.317 e. The Bertz CT molecular complexity index is 151. The summed E-state index contributed by atoms with van der Waals surface area (Å²) >= 11 is 0. The lowest BCUT2D eigenvalue weighted by Crippen LogP contribution is -2.27. The van der Waals surface area contributed by atoms with Crippen LogP contribution in [0.4, 0.5) is 0 Å². The van der Waals surface area contributed by atoms with Crippen LogP contribution in [-0.2, 0) is 0 Å². The van der Waals surface area contributed by atoms with Crippen molar-refractivity contribution < 1.29 is 0 Å². The summed E-state index contributed by atoms with van der Waals surface area (Å²) in [7, 11) is 2.13. The fourth-order valence-corrected chi connectivity index (χ4v) is 2.57. The van der Waals surface area contributed by atoms with E-state index in [1.54, 1.807) is 0 Å². The van der Waals surface area contributed by atoms with Crippen LogP contribution in [0.5, 0.6) is 0 Å². The highest BCUT2D eigenvalue weighted by atomic mass is 14.9. The Morgan fingerprint density at radius 3 is 2.33 bits per heavy atom. The van der Waals surface area contributed by atoms with E-state index in [2.05, 4.69) is 26.2 Å². The van der Waals surface area contributed by atoms with Gasteiger partial charge in [-0.15, -0.1) is 0 Å². The average molecular weight is 211 g/mol. The van der Waals surface area contributed by atoms with E-state index < -0.39 is 0 Å². The van der Waals surface area contributed by atoms with Gasteiger partial charge < -0.3 is 5.32 Å². The summed E-state index contributed by atoms with van der Waals surface area (Å²) in [4.78, 5) is 0. The molecule has 1 saturated carbocycles. The maximum Gasteiger partial charge on any atom is 0.00924 e. The summed E-state index contributed by atoms with van der Waals surface area (Å²) in [5.41, 5.74) is 0. The Kier molecular flexibility index (Phi) is 6.31. The topological polar surface area (TPSA) is 12.0 Å². The maximum atomic E-state index is 3.50. The summed E-state index contributed by atoms with van der Waals surface area (Å²) in [6, 6.07) is 0.820. The third-order valence-electron chi connectivity index (χ3n) is 3.99. The largest absolute Gasteiger partial charge is 0.317 e. The molecule has 1 nitrogen and oxygen atoms in total. The van der Waals surface area contributed by atoms with Gasteiger partial charge in [-0.2, -0.15) is 0 Å². The first-order valence-electron chi connectivity index (χ1n) is 6.99. The van der Waals surface area contributed by atoms with Gasteiger partial charge in [0.05, 0.1) is 0 Å². The van der Waals surface area contributed by atoms with Crippen LogP contribution in [0, 0.1) is 11.8 Å². The summed E-state index contributed by atoms with van der Waals surface area (Å²) in [6.45, 7) is 4.65. The molecule has 0 radical (unpaired) electrons. The molecule has 1 aliphatic carbocycles. The van der Waals surface area contributed by atoms with Crippen molar-refractivity contribution in [2.45, 2.75) is 71.3 Å². The SMILES string of the molecule is CCCCC(CC)CCC(NC)C1CC1. The first kappa shape index (κ1) is 13.0. The fraction of sp³-hybridized carbons (Fsp3) is 1.00. The van der Waals surface area contributed by atoms with Gasteiger partial charge in [0.1, 0.15) is 0 Å². The zero-order chi connectivity index (χ0) is 11.1. The van der Waals surface area contributed by atoms with Crippen LogP contribution >= 0.6 is 0 Å². The average Bonchev–Trinajstić information content (AvgIpc) is 3.07. The zero-order valence-corrected chi connectivity index (χ0v) is 10.9. The summed E-state index contributed by atoms with van der Waals surface area (Å²) < 4.78 is 0. The molecule has 0 heterocycles. The molecule has 0 aromatic carbocycles. The van der Waals surface area contributed by atoms with Gasteiger partial charge in [-0.05, 0) is 44.6 Å². The van der Waals surface area contributed by atoms with Crippen molar-refractivity contribution in [1.82, 2.24) is 5.32 Å². The van der Waals surface area contributed by atoms with E-state index in [-0.39, 0.29) is 0 Å². The molecule has 15 heavy (non-hydrogen) atoms. The molecule has 1 fully saturated rings. The third kappa shape index (κ3) is 5.01. The molecular weight excluding hydrogens is 182 g/mol. The number of rotatable bonds is 9. The molecule has 90 valence electrons. The lowest BCUT2D eigenvalue weighted by Gasteiger charge is -2.19. The first-order chi connectivity index (χ1) is 7.31. The molecule has 1 heteroatoms. The highest BCUT2D eigenvalue weighted by Crippen LogP contribution is 2.35. The highest BCUT2D eigenvalue weighted by molar-refractivity contribution is 4.85. The smallest absolute Gasteiger partial charge is 0.00924 e. The second kappa shape index (κ2) is 7.27. The van der Waals surface area contributed by atoms with Gasteiger partial charge in [0.15, 0.2) is 0 Å². The number of unbranched alkanes of at least 4 members (excludes halogenated alkanes) is 1. The Hall–Kier alpha value is -0.0400. The van der Waals surface area contributed by atoms with E-state index in [4.69, 9.17) is 0 Å². The summed E-state index contributed by atoms with van der Waals surface area (Å²) in [6.07, 6.45) is 11.4. The molecule has 0 aromatic heterocycles. The monoisotopic (exact) mass is 211 g/mol. The van der Waals surface area contributed by atoms with Crippen LogP contribution in [0.1, 0.15) is 65.2 Å². The standard InChI is InChI=1S/C14H29N/c1-4-6-7-12(5-2)8-11-14(15-3)13-9-10-13/h12-15H,4-11H2,1-3H3. The molecule has 2 atom stereocenters. The Morgan fingerprint density at radius 2 is 1.87 bits per heavy atom. The van der Waals surface area contributed by atoms with Gasteiger partial charge >= 0.3 is 0 Å². The van der Waals surface area contributed by atoms with Crippen molar-refractivity contribution in [3.05, 3.63) is 0 Å². The van der Waals surface area contributed by atoms with E-state index in [1.165, 1.54) is 51.4 Å². The summed E-state index contributed by atoms with van der Waals surface area (Å²) in [5.74, 6) is 2.00. The van der Waals surface area contributed by atoms with Gasteiger partial charge in [0, 0.05) is 6.04 Å². The van der Waals surface area contributed by atoms with Gasteiger partial charge in [-0.1, -0.05) is 39.5 Å². The molecule has 0 saturated heterocycles. The number of hydrogen-bond donors (Lipinski definition) is 1. The zero-order valence-electron chi connectivity index (χ0n) is 10.9. The molecule has 1 N–H and O–H groups in total. The van der Waals surface area contributed by atoms with Crippen molar-refractivity contribution in [2.24, 2.45) is 11.8 Å². The molecule has 0 spiro atoms. The Balaban J connectivity index is 2.13. The molecule has 1 rings (SSSR count). The normalized spacial score (nSPS) is 20.2. The van der Waals surface area contributed by atoms with Gasteiger partial charge in [0.2, 0.25) is 0 Å². The minimum atomic E-state index is 0.820. The fourth-order valence-electron chi connectivity index (χ4n) is 2.57. The molecular formula is C14H29N. The van der Waals surface area contributed by atoms with Crippen molar-refractivity contribution in [1.29, 1.82) is 0 Å². The Labute approximate surface area is 96.0 Å². The second-order valence-corrected chi connectivity index (χ2v) is 5.23. The van der Waals surface area contributed by atoms with Crippen molar-refractivity contribution in [2.75, 3.05) is 7.05 Å². The third-order valence-corrected chi connectivity index (χ3v) is 3.99. The molecule has 0 aliphatic heterocycles. The Morgan fingerprint density at radius 1 is 1.13 bits per heavy atom. The highest BCUT2D eigenvalue weighted by Gasteiger charge is 2.29. The van der Waals surface area contributed by atoms with E-state index in [0.29, 0.717) is 0 Å². The van der Waals surface area contributed by atoms with E-state index in [0.717, 1.165) is 17.9 Å². The van der Waals surface area contributed by atoms with Gasteiger partial charge in [0.25, 0.3) is 0 Å². The van der Waals surface area contributed by atoms with E-state index in [1.807, 2.05) is 0 Å². The number of hydrogen-bond acceptors (Lipinski definition) is 1. The molecule has 0 amide bonds. The van der Waals surface area contributed by atoms with E-state index in [9.17, 15) is 0 Å². The predicted octanol–water partition coefficient (Wildman–Crippen LogP) is 3.98. The molecule has 0 bridgehead atoms. The van der Waals surface area contributed by atoms with Crippen molar-refractivity contribution in [3.63, 3.8) is 0 Å². The lowest BCUT2D eigenvalue weighted by atomic mass is 9.91. The number of nitrogens with one attached hydrogen (secondary N) is 1. The molecule has 0 aromatic rings. The molecule has 1 aliphatic rings. The van der Waals surface area contributed by atoms with Crippen molar-refractivity contribution >= 4 is 0 Å². The van der Waals surface area contributed by atoms with E-state index >= 15 is 0 Å². The predicted molar refractivity (Wildman–Crippen MR) is 68.1 cm³/mol. The molecule has 2 unspecified atom stereocenters. The van der Waals surface area contributed by atoms with Crippen molar-refractivity contribution in [3.8, 4) is 0 Å². The van der Waals surface area contributed by atoms with Gasteiger partial charge in [-0.3, -0.25) is 0 Å². The minimum absolute atomic E-state index is 0.820. The maximum absolute atomic E-state index is 3.50. The van der Waals surface area contributed by atoms with Crippen LogP contribution in [0.2, 0.25) is 0 Å².